The van der Waals surface area contributed by atoms with Crippen LogP contribution in [0, 0.1) is 0 Å². The summed E-state index contributed by atoms with van der Waals surface area (Å²) in [4.78, 5) is 48.4. The number of esters is 2. The van der Waals surface area contributed by atoms with E-state index in [1.165, 1.54) is 0 Å². The molecule has 22 heavy (non-hydrogen) atoms. The average molecular weight is 312 g/mol. The molecule has 0 unspecified atom stereocenters. The van der Waals surface area contributed by atoms with E-state index in [2.05, 4.69) is 5.32 Å². The van der Waals surface area contributed by atoms with Crippen molar-refractivity contribution in [2.24, 2.45) is 0 Å². The minimum atomic E-state index is -0.967. The monoisotopic (exact) mass is 312 g/mol. The van der Waals surface area contributed by atoms with Gasteiger partial charge in [-0.25, -0.2) is 9.59 Å². The molecule has 122 valence electrons. The van der Waals surface area contributed by atoms with Crippen LogP contribution >= 0.6 is 0 Å². The maximum atomic E-state index is 12.3. The highest BCUT2D eigenvalue weighted by molar-refractivity contribution is 6.08. The molecule has 0 bridgehead atoms. The molecule has 0 radical (unpaired) electrons. The number of urea groups is 1. The van der Waals surface area contributed by atoms with E-state index in [4.69, 9.17) is 9.47 Å². The quantitative estimate of drug-likeness (QED) is 0.580. The lowest BCUT2D eigenvalue weighted by Crippen LogP contribution is -2.46. The third kappa shape index (κ3) is 2.77. The van der Waals surface area contributed by atoms with Crippen molar-refractivity contribution in [1.82, 2.24) is 10.2 Å². The van der Waals surface area contributed by atoms with Crippen molar-refractivity contribution < 1.29 is 28.7 Å². The molecule has 0 aromatic carbocycles. The van der Waals surface area contributed by atoms with Crippen LogP contribution in [-0.4, -0.2) is 53.1 Å². The van der Waals surface area contributed by atoms with Gasteiger partial charge in [-0.1, -0.05) is 13.8 Å². The highest BCUT2D eigenvalue weighted by atomic mass is 16.6. The predicted molar refractivity (Wildman–Crippen MR) is 73.6 cm³/mol. The molecule has 0 aromatic heterocycles. The molecule has 2 aliphatic heterocycles. The smallest absolute Gasteiger partial charge is 0.347 e. The van der Waals surface area contributed by atoms with Crippen molar-refractivity contribution in [3.8, 4) is 0 Å². The number of amides is 3. The van der Waals surface area contributed by atoms with Crippen LogP contribution in [0.2, 0.25) is 0 Å². The fourth-order valence-corrected chi connectivity index (χ4v) is 2.69. The number of ether oxygens (including phenoxy) is 2. The normalized spacial score (nSPS) is 26.9. The highest BCUT2D eigenvalue weighted by Crippen LogP contribution is 2.25. The van der Waals surface area contributed by atoms with Crippen LogP contribution in [0.1, 0.15) is 40.0 Å². The first-order chi connectivity index (χ1) is 10.3. The second kappa shape index (κ2) is 5.94. The number of cyclic esters (lactones) is 1. The molecule has 8 heteroatoms. The molecule has 2 heterocycles. The average Bonchev–Trinajstić information content (AvgIpc) is 2.90. The van der Waals surface area contributed by atoms with E-state index >= 15 is 0 Å². The number of carbonyl (C=O) groups excluding carboxylic acids is 4. The summed E-state index contributed by atoms with van der Waals surface area (Å²) < 4.78 is 9.88. The van der Waals surface area contributed by atoms with Gasteiger partial charge in [-0.05, 0) is 19.8 Å². The molecular formula is C14H20N2O6. The topological polar surface area (TPSA) is 102 Å². The van der Waals surface area contributed by atoms with Crippen LogP contribution in [0.15, 0.2) is 0 Å². The first-order valence-electron chi connectivity index (χ1n) is 7.37. The third-order valence-corrected chi connectivity index (χ3v) is 4.14. The number of rotatable bonds is 5. The molecule has 2 fully saturated rings. The summed E-state index contributed by atoms with van der Waals surface area (Å²) in [5, 5.41) is 2.62. The van der Waals surface area contributed by atoms with Crippen LogP contribution in [0.25, 0.3) is 0 Å². The van der Waals surface area contributed by atoms with E-state index in [9.17, 15) is 19.2 Å². The molecule has 0 saturated carbocycles. The molecular weight excluding hydrogens is 292 g/mol. The standard InChI is InChI=1S/C14H20N2O6/c1-4-14(5-2)12(19)16(13(20)15-14)7-10(17)22-9-6-8(3)21-11(9)18/h8-9H,4-7H2,1-3H3,(H,15,20)/t8-,9+/m1/s1. The van der Waals surface area contributed by atoms with Crippen molar-refractivity contribution in [3.05, 3.63) is 0 Å². The zero-order valence-electron chi connectivity index (χ0n) is 12.9. The number of nitrogens with zero attached hydrogens (tertiary/aromatic N) is 1. The Morgan fingerprint density at radius 2 is 2.00 bits per heavy atom. The Balaban J connectivity index is 1.98. The molecule has 8 nitrogen and oxygen atoms in total. The van der Waals surface area contributed by atoms with Gasteiger partial charge in [0.25, 0.3) is 5.91 Å². The van der Waals surface area contributed by atoms with Crippen LogP contribution in [0.5, 0.6) is 0 Å². The summed E-state index contributed by atoms with van der Waals surface area (Å²) >= 11 is 0. The molecule has 1 N–H and O–H groups in total. The van der Waals surface area contributed by atoms with E-state index in [0.29, 0.717) is 12.8 Å². The number of carbonyl (C=O) groups is 4. The van der Waals surface area contributed by atoms with E-state index in [0.717, 1.165) is 4.90 Å². The Morgan fingerprint density at radius 1 is 1.36 bits per heavy atom. The second-order valence-corrected chi connectivity index (χ2v) is 5.57. The molecule has 0 spiro atoms. The lowest BCUT2D eigenvalue weighted by Gasteiger charge is -2.23. The van der Waals surface area contributed by atoms with Crippen LogP contribution < -0.4 is 5.32 Å². The van der Waals surface area contributed by atoms with Gasteiger partial charge in [0.15, 0.2) is 0 Å². The molecule has 2 atom stereocenters. The Labute approximate surface area is 128 Å². The Morgan fingerprint density at radius 3 is 2.45 bits per heavy atom. The first kappa shape index (κ1) is 16.3. The molecule has 0 aromatic rings. The van der Waals surface area contributed by atoms with Gasteiger partial charge in [0.05, 0.1) is 0 Å². The second-order valence-electron chi connectivity index (χ2n) is 5.57. The number of imide groups is 1. The number of hydrogen-bond acceptors (Lipinski definition) is 6. The number of nitrogens with one attached hydrogen (secondary N) is 1. The fourth-order valence-electron chi connectivity index (χ4n) is 2.69. The maximum absolute atomic E-state index is 12.3. The summed E-state index contributed by atoms with van der Waals surface area (Å²) in [5.41, 5.74) is -0.960. The van der Waals surface area contributed by atoms with Gasteiger partial charge < -0.3 is 14.8 Å². The molecule has 2 saturated heterocycles. The van der Waals surface area contributed by atoms with Crippen molar-refractivity contribution in [3.63, 3.8) is 0 Å². The first-order valence-corrected chi connectivity index (χ1v) is 7.37. The van der Waals surface area contributed by atoms with Crippen molar-refractivity contribution in [2.45, 2.75) is 57.8 Å². The van der Waals surface area contributed by atoms with Crippen molar-refractivity contribution >= 4 is 23.9 Å². The summed E-state index contributed by atoms with van der Waals surface area (Å²) in [6.07, 6.45) is -0.128. The van der Waals surface area contributed by atoms with Crippen LogP contribution in [0.3, 0.4) is 0 Å². The van der Waals surface area contributed by atoms with Crippen molar-refractivity contribution in [1.29, 1.82) is 0 Å². The molecule has 0 aliphatic carbocycles. The van der Waals surface area contributed by atoms with Crippen LogP contribution in [0.4, 0.5) is 4.79 Å². The minimum Gasteiger partial charge on any atom is -0.460 e. The van der Waals surface area contributed by atoms with E-state index in [1.807, 2.05) is 0 Å². The minimum absolute atomic E-state index is 0.276. The van der Waals surface area contributed by atoms with Gasteiger partial charge in [-0.15, -0.1) is 0 Å². The third-order valence-electron chi connectivity index (χ3n) is 4.14. The van der Waals surface area contributed by atoms with Gasteiger partial charge in [-0.3, -0.25) is 14.5 Å². The van der Waals surface area contributed by atoms with E-state index in [1.54, 1.807) is 20.8 Å². The largest absolute Gasteiger partial charge is 0.460 e. The Kier molecular flexibility index (Phi) is 4.39. The van der Waals surface area contributed by atoms with Crippen LogP contribution in [-0.2, 0) is 23.9 Å². The van der Waals surface area contributed by atoms with E-state index in [-0.39, 0.29) is 12.5 Å². The predicted octanol–water partition coefficient (Wildman–Crippen LogP) is 0.344. The summed E-state index contributed by atoms with van der Waals surface area (Å²) in [5.74, 6) is -1.85. The lowest BCUT2D eigenvalue weighted by atomic mass is 9.93. The number of hydrogen-bond donors (Lipinski definition) is 1. The Bertz CT molecular complexity index is 513. The SMILES string of the molecule is CCC1(CC)NC(=O)N(CC(=O)O[C@H]2C[C@@H](C)OC2=O)C1=O. The molecule has 2 rings (SSSR count). The van der Waals surface area contributed by atoms with Gasteiger partial charge in [0.2, 0.25) is 6.10 Å². The summed E-state index contributed by atoms with van der Waals surface area (Å²) in [7, 11) is 0. The lowest BCUT2D eigenvalue weighted by molar-refractivity contribution is -0.161. The highest BCUT2D eigenvalue weighted by Gasteiger charge is 2.49. The maximum Gasteiger partial charge on any atom is 0.347 e. The zero-order chi connectivity index (χ0) is 16.5. The summed E-state index contributed by atoms with van der Waals surface area (Å²) in [6.45, 7) is 4.77. The van der Waals surface area contributed by atoms with E-state index < -0.39 is 42.1 Å². The van der Waals surface area contributed by atoms with Gasteiger partial charge in [0, 0.05) is 6.42 Å². The van der Waals surface area contributed by atoms with Crippen molar-refractivity contribution in [2.75, 3.05) is 6.54 Å². The Hall–Kier alpha value is -2.12. The molecule has 3 amide bonds. The fraction of sp³-hybridized carbons (Fsp3) is 0.714. The molecule has 2 aliphatic rings. The van der Waals surface area contributed by atoms with Gasteiger partial charge >= 0.3 is 18.0 Å². The summed E-state index contributed by atoms with van der Waals surface area (Å²) in [6, 6.07) is -0.618. The van der Waals surface area contributed by atoms with Gasteiger partial charge in [0.1, 0.15) is 18.2 Å². The zero-order valence-corrected chi connectivity index (χ0v) is 12.9. The van der Waals surface area contributed by atoms with Gasteiger partial charge in [-0.2, -0.15) is 0 Å².